The second-order valence-corrected chi connectivity index (χ2v) is 8.25. The van der Waals surface area contributed by atoms with Crippen LogP contribution in [-0.4, -0.2) is 19.6 Å². The van der Waals surface area contributed by atoms with Gasteiger partial charge in [-0.3, -0.25) is 4.79 Å². The number of benzene rings is 2. The van der Waals surface area contributed by atoms with Crippen molar-refractivity contribution in [2.45, 2.75) is 35.8 Å². The molecule has 5 nitrogen and oxygen atoms in total. The van der Waals surface area contributed by atoms with Crippen LogP contribution in [-0.2, 0) is 9.84 Å². The summed E-state index contributed by atoms with van der Waals surface area (Å²) in [6.45, 7) is 0. The van der Waals surface area contributed by atoms with Crippen LogP contribution in [0.1, 0.15) is 36.0 Å². The van der Waals surface area contributed by atoms with Gasteiger partial charge in [-0.15, -0.1) is 12.4 Å². The quantitative estimate of drug-likeness (QED) is 0.792. The van der Waals surface area contributed by atoms with Crippen molar-refractivity contribution in [1.82, 2.24) is 0 Å². The third-order valence-corrected chi connectivity index (χ3v) is 6.67. The molecule has 1 aliphatic rings. The first-order valence-corrected chi connectivity index (χ1v) is 9.53. The van der Waals surface area contributed by atoms with E-state index in [1.54, 1.807) is 24.3 Å². The van der Waals surface area contributed by atoms with Crippen LogP contribution >= 0.6 is 12.4 Å². The lowest BCUT2D eigenvalue weighted by Crippen LogP contribution is -2.18. The van der Waals surface area contributed by atoms with E-state index in [9.17, 15) is 13.2 Å². The van der Waals surface area contributed by atoms with Gasteiger partial charge in [-0.05, 0) is 49.2 Å². The number of sulfone groups is 1. The number of nitrogen functional groups attached to an aromatic ring is 1. The van der Waals surface area contributed by atoms with Crippen LogP contribution in [0.4, 0.5) is 11.4 Å². The summed E-state index contributed by atoms with van der Waals surface area (Å²) in [7, 11) is -3.30. The third kappa shape index (κ3) is 4.14. The Labute approximate surface area is 154 Å². The van der Waals surface area contributed by atoms with E-state index in [0.717, 1.165) is 25.7 Å². The van der Waals surface area contributed by atoms with Gasteiger partial charge in [0.05, 0.1) is 21.5 Å². The molecule has 0 unspecified atom stereocenters. The van der Waals surface area contributed by atoms with Crippen molar-refractivity contribution in [3.8, 4) is 0 Å². The molecule has 1 amide bonds. The lowest BCUT2D eigenvalue weighted by atomic mass is 10.2. The highest BCUT2D eigenvalue weighted by Crippen LogP contribution is 2.29. The predicted molar refractivity (Wildman–Crippen MR) is 102 cm³/mol. The van der Waals surface area contributed by atoms with Crippen molar-refractivity contribution in [1.29, 1.82) is 0 Å². The maximum Gasteiger partial charge on any atom is 0.255 e. The molecule has 2 aromatic rings. The van der Waals surface area contributed by atoms with Crippen LogP contribution in [0.15, 0.2) is 53.4 Å². The fourth-order valence-corrected chi connectivity index (χ4v) is 4.85. The standard InChI is InChI=1S/C18H20N2O3S.ClH/c19-16-7-3-4-8-17(16)20-18(21)13-9-11-15(12-10-13)24(22,23)14-5-1-2-6-14;/h3-4,7-12,14H,1-2,5-6,19H2,(H,20,21);1H. The van der Waals surface area contributed by atoms with Gasteiger partial charge in [-0.1, -0.05) is 25.0 Å². The largest absolute Gasteiger partial charge is 0.397 e. The highest BCUT2D eigenvalue weighted by atomic mass is 35.5. The second kappa shape index (κ2) is 7.89. The molecule has 134 valence electrons. The molecule has 0 aliphatic heterocycles. The number of nitrogens with two attached hydrogens (primary N) is 1. The topological polar surface area (TPSA) is 89.3 Å². The van der Waals surface area contributed by atoms with Crippen LogP contribution in [0.3, 0.4) is 0 Å². The number of anilines is 2. The van der Waals surface area contributed by atoms with E-state index in [1.807, 2.05) is 0 Å². The van der Waals surface area contributed by atoms with Gasteiger partial charge in [0.1, 0.15) is 0 Å². The van der Waals surface area contributed by atoms with Gasteiger partial charge in [0.25, 0.3) is 5.91 Å². The molecule has 3 N–H and O–H groups in total. The minimum absolute atomic E-state index is 0. The monoisotopic (exact) mass is 380 g/mol. The predicted octanol–water partition coefficient (Wildman–Crippen LogP) is 3.66. The number of hydrogen-bond acceptors (Lipinski definition) is 4. The Morgan fingerprint density at radius 1 is 1.00 bits per heavy atom. The van der Waals surface area contributed by atoms with E-state index in [-0.39, 0.29) is 28.5 Å². The van der Waals surface area contributed by atoms with E-state index >= 15 is 0 Å². The maximum atomic E-state index is 12.5. The average Bonchev–Trinajstić information content (AvgIpc) is 3.12. The van der Waals surface area contributed by atoms with Crippen molar-refractivity contribution < 1.29 is 13.2 Å². The minimum atomic E-state index is -3.30. The Hall–Kier alpha value is -2.05. The SMILES string of the molecule is Cl.Nc1ccccc1NC(=O)c1ccc(S(=O)(=O)C2CCCC2)cc1. The molecule has 0 heterocycles. The number of hydrogen-bond donors (Lipinski definition) is 2. The molecule has 2 aromatic carbocycles. The van der Waals surface area contributed by atoms with Gasteiger partial charge in [0, 0.05) is 5.56 Å². The van der Waals surface area contributed by atoms with Crippen molar-refractivity contribution in [3.05, 3.63) is 54.1 Å². The lowest BCUT2D eigenvalue weighted by Gasteiger charge is -2.12. The molecule has 0 bridgehead atoms. The number of nitrogens with one attached hydrogen (secondary N) is 1. The maximum absolute atomic E-state index is 12.5. The molecule has 1 saturated carbocycles. The number of para-hydroxylation sites is 2. The molecular formula is C18H21ClN2O3S. The summed E-state index contributed by atoms with van der Waals surface area (Å²) < 4.78 is 25.1. The van der Waals surface area contributed by atoms with Crippen LogP contribution in [0.5, 0.6) is 0 Å². The van der Waals surface area contributed by atoms with Crippen molar-refractivity contribution in [3.63, 3.8) is 0 Å². The van der Waals surface area contributed by atoms with Gasteiger partial charge in [-0.2, -0.15) is 0 Å². The first-order chi connectivity index (χ1) is 11.5. The summed E-state index contributed by atoms with van der Waals surface area (Å²) in [5, 5.41) is 2.44. The minimum Gasteiger partial charge on any atom is -0.397 e. The molecule has 0 radical (unpaired) electrons. The molecule has 3 rings (SSSR count). The van der Waals surface area contributed by atoms with E-state index < -0.39 is 9.84 Å². The van der Waals surface area contributed by atoms with Gasteiger partial charge in [0.2, 0.25) is 0 Å². The van der Waals surface area contributed by atoms with Crippen LogP contribution in [0.2, 0.25) is 0 Å². The number of amides is 1. The summed E-state index contributed by atoms with van der Waals surface area (Å²) in [5.74, 6) is -0.322. The van der Waals surface area contributed by atoms with Crippen molar-refractivity contribution in [2.24, 2.45) is 0 Å². The lowest BCUT2D eigenvalue weighted by molar-refractivity contribution is 0.102. The second-order valence-electron chi connectivity index (χ2n) is 6.02. The molecular weight excluding hydrogens is 360 g/mol. The Balaban J connectivity index is 0.00000225. The fourth-order valence-electron chi connectivity index (χ4n) is 2.99. The van der Waals surface area contributed by atoms with E-state index in [4.69, 9.17) is 5.73 Å². The Morgan fingerprint density at radius 3 is 2.20 bits per heavy atom. The van der Waals surface area contributed by atoms with E-state index in [1.165, 1.54) is 24.3 Å². The average molecular weight is 381 g/mol. The van der Waals surface area contributed by atoms with Crippen LogP contribution < -0.4 is 11.1 Å². The molecule has 1 fully saturated rings. The molecule has 0 spiro atoms. The molecule has 0 saturated heterocycles. The van der Waals surface area contributed by atoms with Gasteiger partial charge < -0.3 is 11.1 Å². The van der Waals surface area contributed by atoms with E-state index in [2.05, 4.69) is 5.32 Å². The van der Waals surface area contributed by atoms with Gasteiger partial charge in [-0.25, -0.2) is 8.42 Å². The Bertz CT molecular complexity index is 845. The molecule has 1 aliphatic carbocycles. The van der Waals surface area contributed by atoms with Crippen LogP contribution in [0, 0.1) is 0 Å². The number of carbonyl (C=O) groups is 1. The van der Waals surface area contributed by atoms with Crippen molar-refractivity contribution >= 4 is 39.5 Å². The highest BCUT2D eigenvalue weighted by Gasteiger charge is 2.30. The number of rotatable bonds is 4. The zero-order chi connectivity index (χ0) is 17.2. The summed E-state index contributed by atoms with van der Waals surface area (Å²) >= 11 is 0. The first-order valence-electron chi connectivity index (χ1n) is 7.98. The number of carbonyl (C=O) groups excluding carboxylic acids is 1. The zero-order valence-corrected chi connectivity index (χ0v) is 15.3. The Kier molecular flexibility index (Phi) is 6.08. The highest BCUT2D eigenvalue weighted by molar-refractivity contribution is 7.92. The smallest absolute Gasteiger partial charge is 0.255 e. The molecule has 7 heteroatoms. The summed E-state index contributed by atoms with van der Waals surface area (Å²) in [6, 6.07) is 13.1. The van der Waals surface area contributed by atoms with E-state index in [0.29, 0.717) is 16.9 Å². The third-order valence-electron chi connectivity index (χ3n) is 4.40. The molecule has 25 heavy (non-hydrogen) atoms. The van der Waals surface area contributed by atoms with Gasteiger partial charge >= 0.3 is 0 Å². The first kappa shape index (κ1) is 19.3. The van der Waals surface area contributed by atoms with Crippen molar-refractivity contribution in [2.75, 3.05) is 11.1 Å². The van der Waals surface area contributed by atoms with Gasteiger partial charge in [0.15, 0.2) is 9.84 Å². The summed E-state index contributed by atoms with van der Waals surface area (Å²) in [5.41, 5.74) is 7.21. The summed E-state index contributed by atoms with van der Waals surface area (Å²) in [4.78, 5) is 12.5. The number of halogens is 1. The normalized spacial score (nSPS) is 14.7. The summed E-state index contributed by atoms with van der Waals surface area (Å²) in [6.07, 6.45) is 3.36. The molecule has 0 aromatic heterocycles. The zero-order valence-electron chi connectivity index (χ0n) is 13.6. The molecule has 0 atom stereocenters. The van der Waals surface area contributed by atoms with Crippen LogP contribution in [0.25, 0.3) is 0 Å². The fraction of sp³-hybridized carbons (Fsp3) is 0.278. The Morgan fingerprint density at radius 2 is 1.60 bits per heavy atom.